The third kappa shape index (κ3) is 10.0. The third-order valence-corrected chi connectivity index (χ3v) is 2.83. The number of rotatable bonds is 6. The zero-order valence-corrected chi connectivity index (χ0v) is 12.1. The summed E-state index contributed by atoms with van der Waals surface area (Å²) in [5, 5.41) is 0. The number of hydrogen-bond donors (Lipinski definition) is 0. The van der Waals surface area contributed by atoms with Crippen molar-refractivity contribution >= 4 is 0 Å². The van der Waals surface area contributed by atoms with E-state index in [9.17, 15) is 0 Å². The zero-order chi connectivity index (χ0) is 12.9. The summed E-state index contributed by atoms with van der Waals surface area (Å²) in [5.74, 6) is 0.619. The fourth-order valence-corrected chi connectivity index (χ4v) is 1.60. The number of unbranched alkanes of at least 4 members (excludes halogenated alkanes) is 5. The molecule has 0 aliphatic rings. The van der Waals surface area contributed by atoms with Crippen LogP contribution in [0.2, 0.25) is 0 Å². The van der Waals surface area contributed by atoms with Gasteiger partial charge in [-0.1, -0.05) is 66.2 Å². The lowest BCUT2D eigenvalue weighted by molar-refractivity contribution is 0.624. The molecule has 0 amide bonds. The van der Waals surface area contributed by atoms with Crippen LogP contribution in [0, 0.1) is 0 Å². The molecule has 0 aliphatic heterocycles. The lowest BCUT2D eigenvalue weighted by atomic mass is 10.1. The van der Waals surface area contributed by atoms with Crippen molar-refractivity contribution in [3.63, 3.8) is 0 Å². The highest BCUT2D eigenvalue weighted by Gasteiger charge is 1.94. The van der Waals surface area contributed by atoms with Crippen molar-refractivity contribution in [2.75, 3.05) is 0 Å². The van der Waals surface area contributed by atoms with E-state index >= 15 is 0 Å². The SMILES string of the molecule is CC(C)c1ccncc1.CCCCCCCC. The Morgan fingerprint density at radius 1 is 0.882 bits per heavy atom. The van der Waals surface area contributed by atoms with Crippen LogP contribution in [0.4, 0.5) is 0 Å². The summed E-state index contributed by atoms with van der Waals surface area (Å²) in [5.41, 5.74) is 1.35. The number of aromatic nitrogens is 1. The van der Waals surface area contributed by atoms with E-state index in [-0.39, 0.29) is 0 Å². The van der Waals surface area contributed by atoms with Gasteiger partial charge in [-0.05, 0) is 23.6 Å². The van der Waals surface area contributed by atoms with Gasteiger partial charge < -0.3 is 0 Å². The van der Waals surface area contributed by atoms with E-state index in [0.29, 0.717) is 5.92 Å². The minimum atomic E-state index is 0.619. The lowest BCUT2D eigenvalue weighted by Gasteiger charge is -2.01. The van der Waals surface area contributed by atoms with Crippen LogP contribution in [0.3, 0.4) is 0 Å². The van der Waals surface area contributed by atoms with Gasteiger partial charge in [-0.15, -0.1) is 0 Å². The largest absolute Gasteiger partial charge is 0.265 e. The van der Waals surface area contributed by atoms with Crippen molar-refractivity contribution < 1.29 is 0 Å². The Morgan fingerprint density at radius 2 is 1.35 bits per heavy atom. The van der Waals surface area contributed by atoms with Gasteiger partial charge in [0, 0.05) is 12.4 Å². The second-order valence-corrected chi connectivity index (χ2v) is 4.85. The maximum Gasteiger partial charge on any atom is 0.0270 e. The molecular formula is C16H29N. The summed E-state index contributed by atoms with van der Waals surface area (Å²) in [6, 6.07) is 4.09. The van der Waals surface area contributed by atoms with E-state index in [0.717, 1.165) is 0 Å². The highest BCUT2D eigenvalue weighted by atomic mass is 14.6. The summed E-state index contributed by atoms with van der Waals surface area (Å²) < 4.78 is 0. The average Bonchev–Trinajstić information content (AvgIpc) is 2.37. The molecule has 0 aliphatic carbocycles. The van der Waals surface area contributed by atoms with Gasteiger partial charge in [0.1, 0.15) is 0 Å². The molecule has 0 saturated heterocycles. The zero-order valence-electron chi connectivity index (χ0n) is 12.1. The molecule has 0 saturated carbocycles. The monoisotopic (exact) mass is 235 g/mol. The summed E-state index contributed by atoms with van der Waals surface area (Å²) in [7, 11) is 0. The molecule has 1 heteroatoms. The second kappa shape index (κ2) is 11.6. The highest BCUT2D eigenvalue weighted by molar-refractivity contribution is 5.13. The quantitative estimate of drug-likeness (QED) is 0.587. The number of hydrogen-bond acceptors (Lipinski definition) is 1. The molecule has 1 nitrogen and oxygen atoms in total. The van der Waals surface area contributed by atoms with Gasteiger partial charge in [-0.25, -0.2) is 0 Å². The van der Waals surface area contributed by atoms with Crippen LogP contribution in [-0.4, -0.2) is 4.98 Å². The van der Waals surface area contributed by atoms with Crippen molar-refractivity contribution in [2.24, 2.45) is 0 Å². The Labute approximate surface area is 108 Å². The third-order valence-electron chi connectivity index (χ3n) is 2.83. The molecule has 17 heavy (non-hydrogen) atoms. The van der Waals surface area contributed by atoms with Crippen molar-refractivity contribution in [3.8, 4) is 0 Å². The second-order valence-electron chi connectivity index (χ2n) is 4.85. The van der Waals surface area contributed by atoms with Crippen LogP contribution >= 0.6 is 0 Å². The fourth-order valence-electron chi connectivity index (χ4n) is 1.60. The van der Waals surface area contributed by atoms with Crippen LogP contribution in [0.1, 0.15) is 77.7 Å². The average molecular weight is 235 g/mol. The Kier molecular flexibility index (Phi) is 11.0. The predicted molar refractivity (Wildman–Crippen MR) is 77.4 cm³/mol. The van der Waals surface area contributed by atoms with Crippen LogP contribution in [0.5, 0.6) is 0 Å². The van der Waals surface area contributed by atoms with E-state index in [4.69, 9.17) is 0 Å². The van der Waals surface area contributed by atoms with Gasteiger partial charge in [0.2, 0.25) is 0 Å². The number of nitrogens with zero attached hydrogens (tertiary/aromatic N) is 1. The normalized spacial score (nSPS) is 9.94. The molecule has 0 fully saturated rings. The van der Waals surface area contributed by atoms with Gasteiger partial charge in [0.25, 0.3) is 0 Å². The van der Waals surface area contributed by atoms with E-state index in [1.54, 1.807) is 0 Å². The summed E-state index contributed by atoms with van der Waals surface area (Å²) in [6.07, 6.45) is 12.1. The predicted octanol–water partition coefficient (Wildman–Crippen LogP) is 5.57. The van der Waals surface area contributed by atoms with Crippen molar-refractivity contribution in [1.29, 1.82) is 0 Å². The maximum atomic E-state index is 3.93. The topological polar surface area (TPSA) is 12.9 Å². The van der Waals surface area contributed by atoms with E-state index in [2.05, 4.69) is 32.7 Å². The highest BCUT2D eigenvalue weighted by Crippen LogP contribution is 2.10. The molecule has 1 aromatic heterocycles. The molecule has 0 atom stereocenters. The molecule has 1 aromatic rings. The van der Waals surface area contributed by atoms with Gasteiger partial charge in [0.15, 0.2) is 0 Å². The summed E-state index contributed by atoms with van der Waals surface area (Å²) >= 11 is 0. The molecule has 1 rings (SSSR count). The van der Waals surface area contributed by atoms with Crippen LogP contribution in [-0.2, 0) is 0 Å². The lowest BCUT2D eigenvalue weighted by Crippen LogP contribution is -1.85. The van der Waals surface area contributed by atoms with Gasteiger partial charge in [-0.3, -0.25) is 4.98 Å². The first-order valence-corrected chi connectivity index (χ1v) is 7.12. The molecule has 0 bridgehead atoms. The molecule has 0 radical (unpaired) electrons. The Morgan fingerprint density at radius 3 is 1.65 bits per heavy atom. The molecule has 1 heterocycles. The molecule has 0 N–H and O–H groups in total. The standard InChI is InChI=1S/C8H11N.C8H18/c1-7(2)8-3-5-9-6-4-8;1-3-5-7-8-6-4-2/h3-7H,1-2H3;3-8H2,1-2H3. The maximum absolute atomic E-state index is 3.93. The summed E-state index contributed by atoms with van der Waals surface area (Å²) in [4.78, 5) is 3.93. The van der Waals surface area contributed by atoms with E-state index in [1.165, 1.54) is 44.1 Å². The first kappa shape index (κ1) is 16.1. The number of pyridine rings is 1. The molecule has 0 aromatic carbocycles. The first-order chi connectivity index (χ1) is 8.22. The van der Waals surface area contributed by atoms with E-state index in [1.807, 2.05) is 24.5 Å². The minimum Gasteiger partial charge on any atom is -0.265 e. The van der Waals surface area contributed by atoms with Crippen LogP contribution < -0.4 is 0 Å². The van der Waals surface area contributed by atoms with Crippen LogP contribution in [0.15, 0.2) is 24.5 Å². The first-order valence-electron chi connectivity index (χ1n) is 7.12. The Bertz CT molecular complexity index is 235. The van der Waals surface area contributed by atoms with Gasteiger partial charge in [0.05, 0.1) is 0 Å². The van der Waals surface area contributed by atoms with Crippen molar-refractivity contribution in [2.45, 2.75) is 72.1 Å². The molecule has 0 unspecified atom stereocenters. The van der Waals surface area contributed by atoms with Gasteiger partial charge >= 0.3 is 0 Å². The van der Waals surface area contributed by atoms with Gasteiger partial charge in [-0.2, -0.15) is 0 Å². The van der Waals surface area contributed by atoms with E-state index < -0.39 is 0 Å². The van der Waals surface area contributed by atoms with Crippen molar-refractivity contribution in [1.82, 2.24) is 4.98 Å². The molecule has 98 valence electrons. The smallest absolute Gasteiger partial charge is 0.0270 e. The summed E-state index contributed by atoms with van der Waals surface area (Å²) in [6.45, 7) is 8.86. The molecular weight excluding hydrogens is 206 g/mol. The minimum absolute atomic E-state index is 0.619. The Balaban J connectivity index is 0.000000304. The van der Waals surface area contributed by atoms with Crippen molar-refractivity contribution in [3.05, 3.63) is 30.1 Å². The molecule has 0 spiro atoms. The Hall–Kier alpha value is -0.850. The fraction of sp³-hybridized carbons (Fsp3) is 0.688. The van der Waals surface area contributed by atoms with Crippen LogP contribution in [0.25, 0.3) is 0 Å².